The van der Waals surface area contributed by atoms with Crippen LogP contribution in [0.4, 0.5) is 5.69 Å². The molecule has 0 amide bonds. The van der Waals surface area contributed by atoms with E-state index < -0.39 is 0 Å². The molecule has 96 valence electrons. The van der Waals surface area contributed by atoms with Gasteiger partial charge in [-0.1, -0.05) is 25.4 Å². The molecular formula is C11H19ClN4O. The van der Waals surface area contributed by atoms with Crippen molar-refractivity contribution >= 4 is 17.3 Å². The molecule has 1 aromatic heterocycles. The van der Waals surface area contributed by atoms with E-state index in [4.69, 9.17) is 17.3 Å². The van der Waals surface area contributed by atoms with Crippen molar-refractivity contribution in [2.75, 3.05) is 11.9 Å². The Kier molecular flexibility index (Phi) is 5.44. The Labute approximate surface area is 106 Å². The van der Waals surface area contributed by atoms with Crippen LogP contribution in [0, 0.1) is 0 Å². The minimum atomic E-state index is -0.261. The summed E-state index contributed by atoms with van der Waals surface area (Å²) in [5.41, 5.74) is 6.07. The van der Waals surface area contributed by atoms with Gasteiger partial charge < -0.3 is 11.1 Å². The fraction of sp³-hybridized carbons (Fsp3) is 0.636. The predicted molar refractivity (Wildman–Crippen MR) is 70.6 cm³/mol. The highest BCUT2D eigenvalue weighted by Crippen LogP contribution is 2.15. The molecule has 1 atom stereocenters. The Hall–Kier alpha value is -1.07. The van der Waals surface area contributed by atoms with Crippen LogP contribution in [0.1, 0.15) is 26.7 Å². The highest BCUT2D eigenvalue weighted by Gasteiger charge is 2.09. The third-order valence-electron chi connectivity index (χ3n) is 2.50. The summed E-state index contributed by atoms with van der Waals surface area (Å²) < 4.78 is 1.37. The molecule has 0 fully saturated rings. The summed E-state index contributed by atoms with van der Waals surface area (Å²) in [4.78, 5) is 11.8. The Balaban J connectivity index is 2.82. The van der Waals surface area contributed by atoms with Gasteiger partial charge in [-0.15, -0.1) is 0 Å². The maximum Gasteiger partial charge on any atom is 0.287 e. The maximum atomic E-state index is 11.8. The van der Waals surface area contributed by atoms with Gasteiger partial charge in [-0.2, -0.15) is 5.10 Å². The molecule has 0 spiro atoms. The Morgan fingerprint density at radius 3 is 2.88 bits per heavy atom. The first-order valence-corrected chi connectivity index (χ1v) is 6.23. The van der Waals surface area contributed by atoms with Crippen LogP contribution in [-0.2, 0) is 6.54 Å². The van der Waals surface area contributed by atoms with Crippen molar-refractivity contribution in [3.05, 3.63) is 21.6 Å². The molecule has 6 heteroatoms. The maximum absolute atomic E-state index is 11.8. The number of halogens is 1. The monoisotopic (exact) mass is 258 g/mol. The standard InChI is InChI=1S/C11H19ClN4O/c1-3-5-16-11(17)10(12)9(7-15-16)14-6-8(13)4-2/h7-8,14H,3-6,13H2,1-2H3. The lowest BCUT2D eigenvalue weighted by molar-refractivity contribution is 0.568. The molecule has 1 heterocycles. The highest BCUT2D eigenvalue weighted by molar-refractivity contribution is 6.32. The zero-order chi connectivity index (χ0) is 12.8. The second-order valence-electron chi connectivity index (χ2n) is 3.95. The fourth-order valence-electron chi connectivity index (χ4n) is 1.34. The van der Waals surface area contributed by atoms with Gasteiger partial charge in [-0.05, 0) is 12.8 Å². The predicted octanol–water partition coefficient (Wildman–Crippen LogP) is 1.46. The molecule has 0 aromatic carbocycles. The Bertz CT molecular complexity index is 418. The number of nitrogens with two attached hydrogens (primary N) is 1. The summed E-state index contributed by atoms with van der Waals surface area (Å²) in [6.07, 6.45) is 3.28. The zero-order valence-corrected chi connectivity index (χ0v) is 11.0. The molecule has 1 rings (SSSR count). The number of nitrogens with zero attached hydrogens (tertiary/aromatic N) is 2. The Morgan fingerprint density at radius 2 is 2.29 bits per heavy atom. The first-order valence-electron chi connectivity index (χ1n) is 5.85. The molecule has 5 nitrogen and oxygen atoms in total. The summed E-state index contributed by atoms with van der Waals surface area (Å²) >= 11 is 5.98. The number of aryl methyl sites for hydroxylation is 1. The molecule has 0 aliphatic heterocycles. The summed E-state index contributed by atoms with van der Waals surface area (Å²) in [6.45, 7) is 5.14. The van der Waals surface area contributed by atoms with Crippen LogP contribution in [0.15, 0.2) is 11.0 Å². The molecule has 0 aliphatic rings. The van der Waals surface area contributed by atoms with Crippen molar-refractivity contribution in [1.82, 2.24) is 9.78 Å². The minimum Gasteiger partial charge on any atom is -0.381 e. The van der Waals surface area contributed by atoms with Gasteiger partial charge in [0, 0.05) is 19.1 Å². The van der Waals surface area contributed by atoms with E-state index in [2.05, 4.69) is 10.4 Å². The number of hydrogen-bond acceptors (Lipinski definition) is 4. The number of hydrogen-bond donors (Lipinski definition) is 2. The quantitative estimate of drug-likeness (QED) is 0.810. The van der Waals surface area contributed by atoms with Gasteiger partial charge in [0.1, 0.15) is 5.02 Å². The molecule has 0 aliphatic carbocycles. The molecule has 1 aromatic rings. The van der Waals surface area contributed by atoms with Gasteiger partial charge >= 0.3 is 0 Å². The van der Waals surface area contributed by atoms with Crippen LogP contribution in [0.2, 0.25) is 5.02 Å². The van der Waals surface area contributed by atoms with Gasteiger partial charge in [0.2, 0.25) is 0 Å². The van der Waals surface area contributed by atoms with Crippen LogP contribution < -0.4 is 16.6 Å². The lowest BCUT2D eigenvalue weighted by atomic mass is 10.2. The second-order valence-corrected chi connectivity index (χ2v) is 4.33. The molecule has 0 radical (unpaired) electrons. The molecule has 3 N–H and O–H groups in total. The topological polar surface area (TPSA) is 72.9 Å². The summed E-state index contributed by atoms with van der Waals surface area (Å²) in [5.74, 6) is 0. The van der Waals surface area contributed by atoms with Crippen LogP contribution in [-0.4, -0.2) is 22.4 Å². The minimum absolute atomic E-state index is 0.0455. The fourth-order valence-corrected chi connectivity index (χ4v) is 1.56. The van der Waals surface area contributed by atoms with Crippen LogP contribution in [0.5, 0.6) is 0 Å². The molecule has 0 bridgehead atoms. The highest BCUT2D eigenvalue weighted by atomic mass is 35.5. The molecule has 0 saturated carbocycles. The van der Waals surface area contributed by atoms with Crippen molar-refractivity contribution in [1.29, 1.82) is 0 Å². The zero-order valence-electron chi connectivity index (χ0n) is 10.2. The van der Waals surface area contributed by atoms with Gasteiger partial charge in [-0.25, -0.2) is 4.68 Å². The van der Waals surface area contributed by atoms with E-state index in [1.54, 1.807) is 6.20 Å². The molecule has 1 unspecified atom stereocenters. The normalized spacial score (nSPS) is 12.5. The lowest BCUT2D eigenvalue weighted by Gasteiger charge is -2.13. The molecular weight excluding hydrogens is 240 g/mol. The first kappa shape index (κ1) is 14.0. The van der Waals surface area contributed by atoms with E-state index in [0.29, 0.717) is 18.8 Å². The van der Waals surface area contributed by atoms with E-state index in [1.807, 2.05) is 13.8 Å². The molecule has 0 saturated heterocycles. The van der Waals surface area contributed by atoms with E-state index in [-0.39, 0.29) is 16.6 Å². The molecule has 17 heavy (non-hydrogen) atoms. The largest absolute Gasteiger partial charge is 0.381 e. The van der Waals surface area contributed by atoms with Gasteiger partial charge in [0.25, 0.3) is 5.56 Å². The van der Waals surface area contributed by atoms with Crippen molar-refractivity contribution in [2.45, 2.75) is 39.3 Å². The lowest BCUT2D eigenvalue weighted by Crippen LogP contribution is -2.30. The van der Waals surface area contributed by atoms with Crippen LogP contribution in [0.25, 0.3) is 0 Å². The van der Waals surface area contributed by atoms with E-state index >= 15 is 0 Å². The van der Waals surface area contributed by atoms with E-state index in [0.717, 1.165) is 12.8 Å². The number of nitrogens with one attached hydrogen (secondary N) is 1. The summed E-state index contributed by atoms with van der Waals surface area (Å²) in [6, 6.07) is 0.0455. The van der Waals surface area contributed by atoms with E-state index in [1.165, 1.54) is 4.68 Å². The van der Waals surface area contributed by atoms with Crippen molar-refractivity contribution in [2.24, 2.45) is 5.73 Å². The van der Waals surface area contributed by atoms with Crippen molar-refractivity contribution < 1.29 is 0 Å². The van der Waals surface area contributed by atoms with Crippen molar-refractivity contribution in [3.63, 3.8) is 0 Å². The van der Waals surface area contributed by atoms with Crippen LogP contribution in [0.3, 0.4) is 0 Å². The summed E-state index contributed by atoms with van der Waals surface area (Å²) in [5, 5.41) is 7.27. The van der Waals surface area contributed by atoms with Gasteiger partial charge in [0.05, 0.1) is 11.9 Å². The second kappa shape index (κ2) is 6.61. The average Bonchev–Trinajstić information content (AvgIpc) is 2.34. The van der Waals surface area contributed by atoms with E-state index in [9.17, 15) is 4.79 Å². The Morgan fingerprint density at radius 1 is 1.59 bits per heavy atom. The van der Waals surface area contributed by atoms with Crippen LogP contribution >= 0.6 is 11.6 Å². The van der Waals surface area contributed by atoms with Crippen molar-refractivity contribution in [3.8, 4) is 0 Å². The SMILES string of the molecule is CCCn1ncc(NCC(N)CC)c(Cl)c1=O. The number of aromatic nitrogens is 2. The van der Waals surface area contributed by atoms with Gasteiger partial charge in [0.15, 0.2) is 0 Å². The average molecular weight is 259 g/mol. The smallest absolute Gasteiger partial charge is 0.287 e. The third-order valence-corrected chi connectivity index (χ3v) is 2.86. The number of anilines is 1. The first-order chi connectivity index (χ1) is 8.10. The third kappa shape index (κ3) is 3.71. The van der Waals surface area contributed by atoms with Gasteiger partial charge in [-0.3, -0.25) is 4.79 Å². The summed E-state index contributed by atoms with van der Waals surface area (Å²) in [7, 11) is 0. The number of rotatable bonds is 6.